The molecule has 8 heteroatoms. The average Bonchev–Trinajstić information content (AvgIpc) is 2.97. The quantitative estimate of drug-likeness (QED) is 0.419. The molecule has 2 rings (SSSR count). The van der Waals surface area contributed by atoms with Gasteiger partial charge in [-0.3, -0.25) is 0 Å². The first-order valence-corrected chi connectivity index (χ1v) is 7.54. The lowest BCUT2D eigenvalue weighted by Crippen LogP contribution is -2.38. The summed E-state index contributed by atoms with van der Waals surface area (Å²) in [6.07, 6.45) is 0. The number of nitrogens with one attached hydrogen (secondary N) is 1. The van der Waals surface area contributed by atoms with Gasteiger partial charge in [0.15, 0.2) is 11.8 Å². The van der Waals surface area contributed by atoms with Crippen molar-refractivity contribution in [1.82, 2.24) is 20.4 Å². The highest BCUT2D eigenvalue weighted by Gasteiger charge is 2.10. The van der Waals surface area contributed by atoms with Crippen molar-refractivity contribution in [3.05, 3.63) is 41.5 Å². The van der Waals surface area contributed by atoms with Crippen LogP contribution in [-0.2, 0) is 13.1 Å². The molecule has 0 saturated heterocycles. The lowest BCUT2D eigenvalue weighted by Gasteiger charge is -2.22. The number of aromatic nitrogens is 2. The Hall–Kier alpha value is -1.84. The number of aryl methyl sites for hydroxylation is 1. The monoisotopic (exact) mass is 445 g/mol. The van der Waals surface area contributed by atoms with E-state index in [1.807, 2.05) is 43.1 Å². The molecule has 0 atom stereocenters. The minimum absolute atomic E-state index is 0. The second-order valence-electron chi connectivity index (χ2n) is 5.07. The summed E-state index contributed by atoms with van der Waals surface area (Å²) in [6.45, 7) is 5.62. The molecule has 1 aromatic carbocycles. The highest BCUT2D eigenvalue weighted by Crippen LogP contribution is 2.18. The molecule has 1 heterocycles. The summed E-state index contributed by atoms with van der Waals surface area (Å²) in [4.78, 5) is 10.7. The number of hydrogen-bond acceptors (Lipinski definition) is 5. The zero-order chi connectivity index (χ0) is 16.7. The van der Waals surface area contributed by atoms with Crippen LogP contribution in [-0.4, -0.2) is 41.7 Å². The Kier molecular flexibility index (Phi) is 8.51. The van der Waals surface area contributed by atoms with E-state index in [9.17, 15) is 0 Å². The van der Waals surface area contributed by atoms with Crippen molar-refractivity contribution in [2.75, 3.05) is 20.7 Å². The summed E-state index contributed by atoms with van der Waals surface area (Å²) < 4.78 is 10.5. The van der Waals surface area contributed by atoms with Gasteiger partial charge in [0.05, 0.1) is 7.11 Å². The van der Waals surface area contributed by atoms with E-state index >= 15 is 0 Å². The highest BCUT2D eigenvalue weighted by molar-refractivity contribution is 14.0. The van der Waals surface area contributed by atoms with Gasteiger partial charge in [0.1, 0.15) is 12.3 Å². The fraction of sp³-hybridized carbons (Fsp3) is 0.438. The predicted octanol–water partition coefficient (Wildman–Crippen LogP) is 2.60. The van der Waals surface area contributed by atoms with E-state index in [1.165, 1.54) is 0 Å². The molecule has 0 aliphatic rings. The van der Waals surface area contributed by atoms with Crippen molar-refractivity contribution >= 4 is 29.9 Å². The van der Waals surface area contributed by atoms with Gasteiger partial charge in [0.2, 0.25) is 5.89 Å². The van der Waals surface area contributed by atoms with Crippen LogP contribution in [0.2, 0.25) is 0 Å². The molecule has 1 N–H and O–H groups in total. The molecule has 0 fully saturated rings. The molecule has 1 aromatic heterocycles. The maximum Gasteiger partial charge on any atom is 0.248 e. The zero-order valence-electron chi connectivity index (χ0n) is 14.4. The summed E-state index contributed by atoms with van der Waals surface area (Å²) in [7, 11) is 3.66. The van der Waals surface area contributed by atoms with Crippen molar-refractivity contribution in [3.8, 4) is 5.75 Å². The third kappa shape index (κ3) is 5.66. The first-order valence-electron chi connectivity index (χ1n) is 7.54. The smallest absolute Gasteiger partial charge is 0.248 e. The van der Waals surface area contributed by atoms with E-state index in [0.29, 0.717) is 24.8 Å². The molecule has 7 nitrogen and oxygen atoms in total. The number of ether oxygens (including phenoxy) is 1. The van der Waals surface area contributed by atoms with Crippen molar-refractivity contribution in [2.45, 2.75) is 26.9 Å². The third-order valence-corrected chi connectivity index (χ3v) is 3.23. The normalized spacial score (nSPS) is 10.9. The van der Waals surface area contributed by atoms with Gasteiger partial charge in [-0.1, -0.05) is 23.4 Å². The number of rotatable bonds is 6. The number of halogens is 1. The molecular formula is C16H24IN5O2. The third-order valence-electron chi connectivity index (χ3n) is 3.23. The SMILES string of the molecule is CCNC(=NCc1nc(C)no1)N(C)Cc1ccccc1OC.I. The van der Waals surface area contributed by atoms with Crippen LogP contribution in [0.15, 0.2) is 33.8 Å². The molecule has 132 valence electrons. The number of para-hydroxylation sites is 1. The van der Waals surface area contributed by atoms with Gasteiger partial charge in [-0.05, 0) is 19.9 Å². The van der Waals surface area contributed by atoms with Crippen molar-refractivity contribution < 1.29 is 9.26 Å². The van der Waals surface area contributed by atoms with Crippen molar-refractivity contribution in [2.24, 2.45) is 4.99 Å². The van der Waals surface area contributed by atoms with Crippen LogP contribution in [0.25, 0.3) is 0 Å². The van der Waals surface area contributed by atoms with E-state index in [0.717, 1.165) is 23.8 Å². The first kappa shape index (κ1) is 20.2. The number of hydrogen-bond donors (Lipinski definition) is 1. The molecule has 0 bridgehead atoms. The van der Waals surface area contributed by atoms with Crippen LogP contribution < -0.4 is 10.1 Å². The first-order chi connectivity index (χ1) is 11.1. The Morgan fingerprint density at radius 1 is 1.38 bits per heavy atom. The summed E-state index contributed by atoms with van der Waals surface area (Å²) in [5, 5.41) is 7.03. The van der Waals surface area contributed by atoms with Crippen LogP contribution in [0.5, 0.6) is 5.75 Å². The molecular weight excluding hydrogens is 421 g/mol. The van der Waals surface area contributed by atoms with Crippen molar-refractivity contribution in [1.29, 1.82) is 0 Å². The van der Waals surface area contributed by atoms with Crippen LogP contribution in [0.4, 0.5) is 0 Å². The topological polar surface area (TPSA) is 75.8 Å². The molecule has 24 heavy (non-hydrogen) atoms. The summed E-state index contributed by atoms with van der Waals surface area (Å²) in [5.41, 5.74) is 1.09. The number of benzene rings is 1. The molecule has 2 aromatic rings. The second-order valence-corrected chi connectivity index (χ2v) is 5.07. The van der Waals surface area contributed by atoms with E-state index in [4.69, 9.17) is 9.26 Å². The molecule has 0 aliphatic heterocycles. The van der Waals surface area contributed by atoms with Crippen LogP contribution >= 0.6 is 24.0 Å². The zero-order valence-corrected chi connectivity index (χ0v) is 16.8. The lowest BCUT2D eigenvalue weighted by molar-refractivity contribution is 0.374. The number of nitrogens with zero attached hydrogens (tertiary/aromatic N) is 4. The summed E-state index contributed by atoms with van der Waals surface area (Å²) >= 11 is 0. The van der Waals surface area contributed by atoms with E-state index in [1.54, 1.807) is 14.0 Å². The molecule has 0 saturated carbocycles. The van der Waals surface area contributed by atoms with E-state index in [-0.39, 0.29) is 24.0 Å². The lowest BCUT2D eigenvalue weighted by atomic mass is 10.2. The molecule has 0 amide bonds. The number of guanidine groups is 1. The molecule has 0 unspecified atom stereocenters. The Labute approximate surface area is 159 Å². The fourth-order valence-electron chi connectivity index (χ4n) is 2.18. The molecule has 0 aliphatic carbocycles. The van der Waals surface area contributed by atoms with Crippen LogP contribution in [0, 0.1) is 6.92 Å². The predicted molar refractivity (Wildman–Crippen MR) is 104 cm³/mol. The number of aliphatic imine (C=N–C) groups is 1. The van der Waals surface area contributed by atoms with Gasteiger partial charge >= 0.3 is 0 Å². The van der Waals surface area contributed by atoms with E-state index < -0.39 is 0 Å². The highest BCUT2D eigenvalue weighted by atomic mass is 127. The maximum atomic E-state index is 5.40. The van der Waals surface area contributed by atoms with Crippen LogP contribution in [0.3, 0.4) is 0 Å². The maximum absolute atomic E-state index is 5.40. The standard InChI is InChI=1S/C16H23N5O2.HI/c1-5-17-16(18-10-15-19-12(2)20-23-15)21(3)11-13-8-6-7-9-14(13)22-4;/h6-9H,5,10-11H2,1-4H3,(H,17,18);1H. The number of methoxy groups -OCH3 is 1. The Morgan fingerprint density at radius 2 is 2.12 bits per heavy atom. The van der Waals surface area contributed by atoms with E-state index in [2.05, 4.69) is 20.4 Å². The van der Waals surface area contributed by atoms with Crippen molar-refractivity contribution in [3.63, 3.8) is 0 Å². The second kappa shape index (κ2) is 10.1. The van der Waals surface area contributed by atoms with Gasteiger partial charge in [0, 0.05) is 25.7 Å². The summed E-state index contributed by atoms with van der Waals surface area (Å²) in [5.74, 6) is 2.75. The molecule has 0 spiro atoms. The minimum atomic E-state index is 0. The fourth-order valence-corrected chi connectivity index (χ4v) is 2.18. The van der Waals surface area contributed by atoms with Gasteiger partial charge in [-0.2, -0.15) is 4.98 Å². The largest absolute Gasteiger partial charge is 0.496 e. The van der Waals surface area contributed by atoms with Crippen LogP contribution in [0.1, 0.15) is 24.2 Å². The van der Waals surface area contributed by atoms with Gasteiger partial charge in [0.25, 0.3) is 0 Å². The Morgan fingerprint density at radius 3 is 2.75 bits per heavy atom. The Balaban J connectivity index is 0.00000288. The average molecular weight is 445 g/mol. The van der Waals surface area contributed by atoms with Gasteiger partial charge < -0.3 is 19.5 Å². The van der Waals surface area contributed by atoms with Gasteiger partial charge in [-0.25, -0.2) is 4.99 Å². The minimum Gasteiger partial charge on any atom is -0.496 e. The summed E-state index contributed by atoms with van der Waals surface area (Å²) in [6, 6.07) is 7.95. The molecule has 0 radical (unpaired) electrons. The Bertz CT molecular complexity index is 659. The van der Waals surface area contributed by atoms with Gasteiger partial charge in [-0.15, -0.1) is 24.0 Å².